The molecule has 2 aromatic carbocycles. The van der Waals surface area contributed by atoms with Crippen molar-refractivity contribution in [1.29, 1.82) is 0 Å². The van der Waals surface area contributed by atoms with Crippen LogP contribution in [0.25, 0.3) is 0 Å². The fourth-order valence-electron chi connectivity index (χ4n) is 4.59. The number of ether oxygens (including phenoxy) is 1. The molecule has 0 aromatic heterocycles. The summed E-state index contributed by atoms with van der Waals surface area (Å²) in [5, 5.41) is 5.85. The first-order chi connectivity index (χ1) is 17.8. The average Bonchev–Trinajstić information content (AvgIpc) is 3.53. The first-order valence-corrected chi connectivity index (χ1v) is 13.5. The minimum Gasteiger partial charge on any atom is -0.444 e. The van der Waals surface area contributed by atoms with Crippen LogP contribution < -0.4 is 10.6 Å². The second kappa shape index (κ2) is 12.0. The normalized spacial score (nSPS) is 18.3. The number of hydrogen-bond acceptors (Lipinski definition) is 4. The van der Waals surface area contributed by atoms with Gasteiger partial charge in [0.2, 0.25) is 11.8 Å². The van der Waals surface area contributed by atoms with E-state index in [1.165, 1.54) is 0 Å². The molecule has 2 aromatic rings. The van der Waals surface area contributed by atoms with Crippen molar-refractivity contribution in [3.63, 3.8) is 0 Å². The van der Waals surface area contributed by atoms with E-state index < -0.39 is 23.8 Å². The largest absolute Gasteiger partial charge is 0.444 e. The predicted octanol–water partition coefficient (Wildman–Crippen LogP) is 5.24. The molecule has 3 rings (SSSR count). The second-order valence-electron chi connectivity index (χ2n) is 11.8. The highest BCUT2D eigenvalue weighted by atomic mass is 16.6. The Labute approximate surface area is 227 Å². The zero-order chi connectivity index (χ0) is 28.2. The van der Waals surface area contributed by atoms with Crippen molar-refractivity contribution in [1.82, 2.24) is 15.5 Å². The molecule has 1 fully saturated rings. The maximum absolute atomic E-state index is 14.4. The van der Waals surface area contributed by atoms with E-state index >= 15 is 0 Å². The number of hydrogen-bond donors (Lipinski definition) is 2. The molecule has 4 unspecified atom stereocenters. The first kappa shape index (κ1) is 29.2. The zero-order valence-corrected chi connectivity index (χ0v) is 24.0. The van der Waals surface area contributed by atoms with Crippen LogP contribution in [-0.4, -0.2) is 46.5 Å². The van der Waals surface area contributed by atoms with Crippen LogP contribution >= 0.6 is 0 Å². The van der Waals surface area contributed by atoms with Gasteiger partial charge in [-0.25, -0.2) is 4.79 Å². The van der Waals surface area contributed by atoms with Gasteiger partial charge in [0, 0.05) is 18.5 Å². The molecule has 0 saturated heterocycles. The molecular weight excluding hydrogens is 478 g/mol. The Hall–Kier alpha value is -3.35. The Bertz CT molecular complexity index is 1140. The van der Waals surface area contributed by atoms with Crippen molar-refractivity contribution in [2.24, 2.45) is 5.92 Å². The third kappa shape index (κ3) is 7.83. The molecule has 0 radical (unpaired) electrons. The Balaban J connectivity index is 2.05. The summed E-state index contributed by atoms with van der Waals surface area (Å²) in [7, 11) is 0. The topological polar surface area (TPSA) is 87.7 Å². The predicted molar refractivity (Wildman–Crippen MR) is 150 cm³/mol. The SMILES string of the molecule is Cc1ccc(C(C(=O)NC(C)C)N(C(=O)C(Cc2ccccc2)NC(=O)OC(C)(C)C)C2CC2C)cc1C. The monoisotopic (exact) mass is 521 g/mol. The summed E-state index contributed by atoms with van der Waals surface area (Å²) in [4.78, 5) is 42.7. The number of carbonyl (C=O) groups is 3. The van der Waals surface area contributed by atoms with Gasteiger partial charge in [0.15, 0.2) is 0 Å². The van der Waals surface area contributed by atoms with Gasteiger partial charge in [-0.1, -0.05) is 55.5 Å². The number of benzene rings is 2. The molecule has 0 aliphatic heterocycles. The highest BCUT2D eigenvalue weighted by Crippen LogP contribution is 2.41. The van der Waals surface area contributed by atoms with Gasteiger partial charge in [-0.15, -0.1) is 0 Å². The molecule has 7 heteroatoms. The Kier molecular flexibility index (Phi) is 9.23. The van der Waals surface area contributed by atoms with Gasteiger partial charge >= 0.3 is 6.09 Å². The maximum Gasteiger partial charge on any atom is 0.408 e. The standard InChI is InChI=1S/C31H43N3O4/c1-19(2)32-28(35)27(24-15-14-20(3)21(4)16-24)34(26-17-22(26)5)29(36)25(18-23-12-10-9-11-13-23)33-30(37)38-31(6,7)8/h9-16,19,22,25-27H,17-18H2,1-8H3,(H,32,35)(H,33,37). The van der Waals surface area contributed by atoms with Crippen molar-refractivity contribution in [3.05, 3.63) is 70.8 Å². The molecule has 4 atom stereocenters. The maximum atomic E-state index is 14.4. The van der Waals surface area contributed by atoms with E-state index in [1.807, 2.05) is 76.2 Å². The molecule has 0 bridgehead atoms. The molecule has 0 heterocycles. The number of alkyl carbamates (subject to hydrolysis) is 1. The quantitative estimate of drug-likeness (QED) is 0.472. The van der Waals surface area contributed by atoms with Crippen molar-refractivity contribution in [2.75, 3.05) is 0 Å². The second-order valence-corrected chi connectivity index (χ2v) is 11.8. The van der Waals surface area contributed by atoms with Crippen LogP contribution in [0.2, 0.25) is 0 Å². The molecule has 3 amide bonds. The highest BCUT2D eigenvalue weighted by molar-refractivity contribution is 5.93. The molecule has 1 aliphatic carbocycles. The van der Waals surface area contributed by atoms with Crippen LogP contribution in [0.3, 0.4) is 0 Å². The van der Waals surface area contributed by atoms with Crippen LogP contribution in [0.5, 0.6) is 0 Å². The summed E-state index contributed by atoms with van der Waals surface area (Å²) >= 11 is 0. The molecule has 1 aliphatic rings. The Morgan fingerprint density at radius 3 is 2.16 bits per heavy atom. The van der Waals surface area contributed by atoms with Crippen LogP contribution in [0, 0.1) is 19.8 Å². The van der Waals surface area contributed by atoms with Crippen LogP contribution in [0.15, 0.2) is 48.5 Å². The van der Waals surface area contributed by atoms with E-state index in [-0.39, 0.29) is 36.2 Å². The summed E-state index contributed by atoms with van der Waals surface area (Å²) in [5.74, 6) is -0.277. The zero-order valence-electron chi connectivity index (χ0n) is 24.0. The lowest BCUT2D eigenvalue weighted by Gasteiger charge is -2.35. The molecule has 0 spiro atoms. The molecule has 1 saturated carbocycles. The Morgan fingerprint density at radius 2 is 1.63 bits per heavy atom. The smallest absolute Gasteiger partial charge is 0.408 e. The number of carbonyl (C=O) groups excluding carboxylic acids is 3. The summed E-state index contributed by atoms with van der Waals surface area (Å²) in [6, 6.07) is 13.5. The van der Waals surface area contributed by atoms with Crippen LogP contribution in [0.1, 0.15) is 76.3 Å². The van der Waals surface area contributed by atoms with Crippen LogP contribution in [0.4, 0.5) is 4.79 Å². The number of aryl methyl sites for hydroxylation is 2. The number of amides is 3. The molecule has 38 heavy (non-hydrogen) atoms. The highest BCUT2D eigenvalue weighted by Gasteiger charge is 2.48. The average molecular weight is 522 g/mol. The van der Waals surface area contributed by atoms with Gasteiger partial charge < -0.3 is 20.3 Å². The molecular formula is C31H43N3O4. The lowest BCUT2D eigenvalue weighted by Crippen LogP contribution is -2.55. The van der Waals surface area contributed by atoms with Gasteiger partial charge in [0.05, 0.1) is 0 Å². The number of rotatable bonds is 9. The van der Waals surface area contributed by atoms with Crippen molar-refractivity contribution in [3.8, 4) is 0 Å². The van der Waals surface area contributed by atoms with Crippen molar-refractivity contribution in [2.45, 2.75) is 98.0 Å². The Morgan fingerprint density at radius 1 is 1.00 bits per heavy atom. The minimum atomic E-state index is -0.902. The first-order valence-electron chi connectivity index (χ1n) is 13.5. The van der Waals surface area contributed by atoms with E-state index in [2.05, 4.69) is 17.6 Å². The van der Waals surface area contributed by atoms with E-state index in [4.69, 9.17) is 4.74 Å². The molecule has 2 N–H and O–H groups in total. The minimum absolute atomic E-state index is 0.0925. The fourth-order valence-corrected chi connectivity index (χ4v) is 4.59. The molecule has 7 nitrogen and oxygen atoms in total. The summed E-state index contributed by atoms with van der Waals surface area (Å²) in [6.07, 6.45) is 0.416. The van der Waals surface area contributed by atoms with E-state index in [0.29, 0.717) is 0 Å². The van der Waals surface area contributed by atoms with Gasteiger partial charge in [0.1, 0.15) is 17.7 Å². The van der Waals surface area contributed by atoms with Crippen LogP contribution in [-0.2, 0) is 20.7 Å². The molecule has 206 valence electrons. The van der Waals surface area contributed by atoms with E-state index in [1.54, 1.807) is 25.7 Å². The summed E-state index contributed by atoms with van der Waals surface area (Å²) < 4.78 is 5.51. The van der Waals surface area contributed by atoms with Crippen molar-refractivity contribution < 1.29 is 19.1 Å². The van der Waals surface area contributed by atoms with Gasteiger partial charge in [-0.2, -0.15) is 0 Å². The van der Waals surface area contributed by atoms with Gasteiger partial charge in [0.25, 0.3) is 0 Å². The van der Waals surface area contributed by atoms with Gasteiger partial charge in [-0.3, -0.25) is 9.59 Å². The number of nitrogens with zero attached hydrogens (tertiary/aromatic N) is 1. The summed E-state index contributed by atoms with van der Waals surface area (Å²) in [6.45, 7) is 15.3. The van der Waals surface area contributed by atoms with Crippen molar-refractivity contribution >= 4 is 17.9 Å². The lowest BCUT2D eigenvalue weighted by atomic mass is 9.97. The van der Waals surface area contributed by atoms with E-state index in [9.17, 15) is 14.4 Å². The fraction of sp³-hybridized carbons (Fsp3) is 0.516. The van der Waals surface area contributed by atoms with Gasteiger partial charge in [-0.05, 0) is 83.1 Å². The van der Waals surface area contributed by atoms with E-state index in [0.717, 1.165) is 28.7 Å². The lowest BCUT2D eigenvalue weighted by molar-refractivity contribution is -0.143. The third-order valence-corrected chi connectivity index (χ3v) is 6.75. The third-order valence-electron chi connectivity index (χ3n) is 6.75. The number of nitrogens with one attached hydrogen (secondary N) is 2. The summed E-state index contributed by atoms with van der Waals surface area (Å²) in [5.41, 5.74) is 3.11.